The Balaban J connectivity index is 1.17. The first kappa shape index (κ1) is 23.6. The van der Waals surface area contributed by atoms with E-state index in [0.717, 1.165) is 55.9 Å². The summed E-state index contributed by atoms with van der Waals surface area (Å²) in [6.07, 6.45) is 6.94. The summed E-state index contributed by atoms with van der Waals surface area (Å²) in [5.74, 6) is 1.50. The lowest BCUT2D eigenvalue weighted by Gasteiger charge is -2.32. The standard InChI is InChI=1S/C29H31N5O3/c35-27(32-15-7-10-22(19-32)26-31-30-25-11-5-2-6-16-33(25)26)21-12-13-23-24(18-21)29(37)34(28(23)36)17-14-20-8-3-1-4-9-20/h1,3-4,8-9,12-13,18,22H,2,5-7,10-11,14-17,19H2. The van der Waals surface area contributed by atoms with Crippen molar-refractivity contribution in [3.05, 3.63) is 82.4 Å². The molecule has 6 rings (SSSR count). The predicted octanol–water partition coefficient (Wildman–Crippen LogP) is 3.86. The van der Waals surface area contributed by atoms with E-state index in [1.54, 1.807) is 18.2 Å². The summed E-state index contributed by atoms with van der Waals surface area (Å²) in [5, 5.41) is 8.98. The highest BCUT2D eigenvalue weighted by atomic mass is 16.2. The molecule has 1 fully saturated rings. The first-order valence-corrected chi connectivity index (χ1v) is 13.4. The Morgan fingerprint density at radius 3 is 2.59 bits per heavy atom. The summed E-state index contributed by atoms with van der Waals surface area (Å²) in [4.78, 5) is 42.7. The van der Waals surface area contributed by atoms with Gasteiger partial charge in [0.2, 0.25) is 0 Å². The van der Waals surface area contributed by atoms with Gasteiger partial charge in [0.15, 0.2) is 0 Å². The van der Waals surface area contributed by atoms with Crippen LogP contribution in [0.15, 0.2) is 48.5 Å². The van der Waals surface area contributed by atoms with Crippen LogP contribution in [0.2, 0.25) is 0 Å². The van der Waals surface area contributed by atoms with Crippen LogP contribution >= 0.6 is 0 Å². The third kappa shape index (κ3) is 4.45. The monoisotopic (exact) mass is 497 g/mol. The van der Waals surface area contributed by atoms with E-state index in [2.05, 4.69) is 14.8 Å². The number of amides is 3. The predicted molar refractivity (Wildman–Crippen MR) is 137 cm³/mol. The van der Waals surface area contributed by atoms with Crippen molar-refractivity contribution in [2.45, 2.75) is 57.4 Å². The van der Waals surface area contributed by atoms with E-state index in [1.807, 2.05) is 35.2 Å². The summed E-state index contributed by atoms with van der Waals surface area (Å²) < 4.78 is 2.27. The molecule has 0 radical (unpaired) electrons. The Kier molecular flexibility index (Phi) is 6.32. The van der Waals surface area contributed by atoms with Crippen molar-refractivity contribution in [1.82, 2.24) is 24.6 Å². The molecule has 0 saturated carbocycles. The number of imide groups is 1. The van der Waals surface area contributed by atoms with Gasteiger partial charge in [-0.3, -0.25) is 19.3 Å². The molecule has 0 aliphatic carbocycles. The lowest BCUT2D eigenvalue weighted by Crippen LogP contribution is -2.40. The van der Waals surface area contributed by atoms with Gasteiger partial charge in [-0.15, -0.1) is 10.2 Å². The molecule has 1 unspecified atom stereocenters. The Morgan fingerprint density at radius 1 is 0.892 bits per heavy atom. The van der Waals surface area contributed by atoms with Gasteiger partial charge in [-0.05, 0) is 55.9 Å². The Morgan fingerprint density at radius 2 is 1.73 bits per heavy atom. The number of piperidine rings is 1. The first-order chi connectivity index (χ1) is 18.1. The maximum atomic E-state index is 13.5. The van der Waals surface area contributed by atoms with Gasteiger partial charge in [0.25, 0.3) is 17.7 Å². The van der Waals surface area contributed by atoms with E-state index >= 15 is 0 Å². The minimum absolute atomic E-state index is 0.105. The van der Waals surface area contributed by atoms with E-state index < -0.39 is 0 Å². The molecule has 0 bridgehead atoms. The van der Waals surface area contributed by atoms with Gasteiger partial charge in [-0.2, -0.15) is 0 Å². The second kappa shape index (κ2) is 9.92. The molecule has 1 saturated heterocycles. The van der Waals surface area contributed by atoms with Gasteiger partial charge in [0, 0.05) is 44.1 Å². The van der Waals surface area contributed by atoms with Crippen molar-refractivity contribution >= 4 is 17.7 Å². The summed E-state index contributed by atoms with van der Waals surface area (Å²) in [6.45, 7) is 2.52. The summed E-state index contributed by atoms with van der Waals surface area (Å²) in [7, 11) is 0. The molecule has 2 aromatic carbocycles. The molecule has 4 heterocycles. The van der Waals surface area contributed by atoms with E-state index in [9.17, 15) is 14.4 Å². The quantitative estimate of drug-likeness (QED) is 0.500. The minimum atomic E-state index is -0.326. The summed E-state index contributed by atoms with van der Waals surface area (Å²) in [5.41, 5.74) is 2.21. The van der Waals surface area contributed by atoms with Crippen LogP contribution in [0, 0.1) is 0 Å². The largest absolute Gasteiger partial charge is 0.338 e. The Bertz CT molecular complexity index is 1350. The van der Waals surface area contributed by atoms with Gasteiger partial charge < -0.3 is 9.47 Å². The fraction of sp³-hybridized carbons (Fsp3) is 0.414. The third-order valence-electron chi connectivity index (χ3n) is 7.90. The van der Waals surface area contributed by atoms with Crippen molar-refractivity contribution in [1.29, 1.82) is 0 Å². The molecule has 3 aromatic rings. The Hall–Kier alpha value is -3.81. The molecular weight excluding hydrogens is 466 g/mol. The van der Waals surface area contributed by atoms with Gasteiger partial charge in [0.1, 0.15) is 11.6 Å². The van der Waals surface area contributed by atoms with Crippen LogP contribution in [0.4, 0.5) is 0 Å². The van der Waals surface area contributed by atoms with Crippen LogP contribution < -0.4 is 0 Å². The average Bonchev–Trinajstić information content (AvgIpc) is 3.34. The highest BCUT2D eigenvalue weighted by Gasteiger charge is 2.36. The number of hydrogen-bond acceptors (Lipinski definition) is 5. The van der Waals surface area contributed by atoms with Gasteiger partial charge in [0.05, 0.1) is 11.1 Å². The molecule has 8 nitrogen and oxygen atoms in total. The van der Waals surface area contributed by atoms with E-state index in [-0.39, 0.29) is 23.6 Å². The number of aromatic nitrogens is 3. The second-order valence-electron chi connectivity index (χ2n) is 10.3. The molecule has 3 amide bonds. The molecule has 190 valence electrons. The van der Waals surface area contributed by atoms with E-state index in [1.165, 1.54) is 11.3 Å². The molecule has 1 aromatic heterocycles. The molecular formula is C29H31N5O3. The van der Waals surface area contributed by atoms with Crippen molar-refractivity contribution in [2.75, 3.05) is 19.6 Å². The second-order valence-corrected chi connectivity index (χ2v) is 10.3. The van der Waals surface area contributed by atoms with Crippen molar-refractivity contribution in [3.8, 4) is 0 Å². The van der Waals surface area contributed by atoms with Crippen LogP contribution in [0.5, 0.6) is 0 Å². The molecule has 0 spiro atoms. The zero-order valence-corrected chi connectivity index (χ0v) is 20.9. The minimum Gasteiger partial charge on any atom is -0.338 e. The fourth-order valence-electron chi connectivity index (χ4n) is 5.88. The lowest BCUT2D eigenvalue weighted by molar-refractivity contribution is 0.0655. The van der Waals surface area contributed by atoms with Crippen LogP contribution in [-0.4, -0.2) is 61.9 Å². The summed E-state index contributed by atoms with van der Waals surface area (Å²) >= 11 is 0. The number of carbonyl (C=O) groups is 3. The zero-order chi connectivity index (χ0) is 25.4. The van der Waals surface area contributed by atoms with Crippen LogP contribution in [-0.2, 0) is 19.4 Å². The maximum Gasteiger partial charge on any atom is 0.261 e. The number of aryl methyl sites for hydroxylation is 1. The molecule has 0 N–H and O–H groups in total. The maximum absolute atomic E-state index is 13.5. The number of benzene rings is 2. The average molecular weight is 498 g/mol. The smallest absolute Gasteiger partial charge is 0.261 e. The number of likely N-dealkylation sites (tertiary alicyclic amines) is 1. The number of rotatable bonds is 5. The topological polar surface area (TPSA) is 88.4 Å². The fourth-order valence-corrected chi connectivity index (χ4v) is 5.88. The summed E-state index contributed by atoms with van der Waals surface area (Å²) in [6, 6.07) is 14.7. The highest BCUT2D eigenvalue weighted by molar-refractivity contribution is 6.22. The Labute approximate surface area is 216 Å². The highest BCUT2D eigenvalue weighted by Crippen LogP contribution is 2.30. The van der Waals surface area contributed by atoms with Crippen LogP contribution in [0.25, 0.3) is 0 Å². The molecule has 3 aliphatic heterocycles. The normalized spacial score (nSPS) is 19.5. The van der Waals surface area contributed by atoms with Crippen molar-refractivity contribution < 1.29 is 14.4 Å². The van der Waals surface area contributed by atoms with Gasteiger partial charge in [-0.1, -0.05) is 36.8 Å². The van der Waals surface area contributed by atoms with Crippen LogP contribution in [0.3, 0.4) is 0 Å². The van der Waals surface area contributed by atoms with Crippen molar-refractivity contribution in [2.24, 2.45) is 0 Å². The number of nitrogens with zero attached hydrogens (tertiary/aromatic N) is 5. The van der Waals surface area contributed by atoms with E-state index in [4.69, 9.17) is 0 Å². The number of fused-ring (bicyclic) bond motifs is 2. The van der Waals surface area contributed by atoms with Gasteiger partial charge >= 0.3 is 0 Å². The first-order valence-electron chi connectivity index (χ1n) is 13.4. The molecule has 8 heteroatoms. The van der Waals surface area contributed by atoms with Crippen molar-refractivity contribution in [3.63, 3.8) is 0 Å². The molecule has 3 aliphatic rings. The number of hydrogen-bond donors (Lipinski definition) is 0. The van der Waals surface area contributed by atoms with Gasteiger partial charge in [-0.25, -0.2) is 0 Å². The molecule has 37 heavy (non-hydrogen) atoms. The number of carbonyl (C=O) groups excluding carboxylic acids is 3. The lowest BCUT2D eigenvalue weighted by atomic mass is 9.96. The SMILES string of the molecule is O=C(c1ccc2c(c1)C(=O)N(CCc1ccccc1)C2=O)N1CCCC(c2nnc3n2CCCCC3)C1. The van der Waals surface area contributed by atoms with Crippen LogP contribution in [0.1, 0.15) is 86.3 Å². The third-order valence-corrected chi connectivity index (χ3v) is 7.90. The molecule has 1 atom stereocenters. The van der Waals surface area contributed by atoms with E-state index in [0.29, 0.717) is 42.7 Å². The zero-order valence-electron chi connectivity index (χ0n) is 20.9.